The normalized spacial score (nSPS) is 22.9. The standard InChI is InChI=1S/C13H22N2OS/c1-15(2)12(13-6-3-7-16-13)9-14-11-5-4-8-17-10-11/h3,6-7,11-12,14H,4-5,8-10H2,1-2H3. The first-order valence-electron chi connectivity index (χ1n) is 6.28. The highest BCUT2D eigenvalue weighted by Gasteiger charge is 2.19. The lowest BCUT2D eigenvalue weighted by atomic mass is 10.1. The largest absolute Gasteiger partial charge is 0.468 e. The summed E-state index contributed by atoms with van der Waals surface area (Å²) in [6.45, 7) is 0.964. The predicted molar refractivity (Wildman–Crippen MR) is 73.5 cm³/mol. The quantitative estimate of drug-likeness (QED) is 0.873. The zero-order chi connectivity index (χ0) is 12.1. The van der Waals surface area contributed by atoms with Crippen LogP contribution in [-0.2, 0) is 0 Å². The Hall–Kier alpha value is -0.450. The smallest absolute Gasteiger partial charge is 0.122 e. The minimum Gasteiger partial charge on any atom is -0.468 e. The molecule has 1 fully saturated rings. The van der Waals surface area contributed by atoms with E-state index < -0.39 is 0 Å². The Morgan fingerprint density at radius 2 is 2.47 bits per heavy atom. The lowest BCUT2D eigenvalue weighted by Gasteiger charge is -2.27. The highest BCUT2D eigenvalue weighted by atomic mass is 32.2. The van der Waals surface area contributed by atoms with E-state index in [2.05, 4.69) is 42.1 Å². The summed E-state index contributed by atoms with van der Waals surface area (Å²) in [6, 6.07) is 5.02. The molecule has 1 saturated heterocycles. The lowest BCUT2D eigenvalue weighted by Crippen LogP contribution is -2.39. The lowest BCUT2D eigenvalue weighted by molar-refractivity contribution is 0.244. The van der Waals surface area contributed by atoms with Crippen LogP contribution < -0.4 is 5.32 Å². The van der Waals surface area contributed by atoms with Gasteiger partial charge in [0.25, 0.3) is 0 Å². The van der Waals surface area contributed by atoms with Gasteiger partial charge in [-0.1, -0.05) is 0 Å². The number of thioether (sulfide) groups is 1. The molecule has 0 aliphatic carbocycles. The molecule has 1 N–H and O–H groups in total. The molecule has 1 aliphatic heterocycles. The molecular formula is C13H22N2OS. The van der Waals surface area contributed by atoms with Crippen LogP contribution in [0.3, 0.4) is 0 Å². The predicted octanol–water partition coefficient (Wildman–Crippen LogP) is 2.37. The fraction of sp³-hybridized carbons (Fsp3) is 0.692. The Kier molecular flexibility index (Phi) is 4.95. The van der Waals surface area contributed by atoms with Gasteiger partial charge in [0.05, 0.1) is 12.3 Å². The maximum Gasteiger partial charge on any atom is 0.122 e. The number of nitrogens with one attached hydrogen (secondary N) is 1. The van der Waals surface area contributed by atoms with Crippen LogP contribution in [0, 0.1) is 0 Å². The fourth-order valence-corrected chi connectivity index (χ4v) is 3.31. The summed E-state index contributed by atoms with van der Waals surface area (Å²) < 4.78 is 5.51. The van der Waals surface area contributed by atoms with Crippen molar-refractivity contribution < 1.29 is 4.42 Å². The van der Waals surface area contributed by atoms with E-state index in [0.717, 1.165) is 12.3 Å². The zero-order valence-corrected chi connectivity index (χ0v) is 11.5. The average molecular weight is 254 g/mol. The van der Waals surface area contributed by atoms with Crippen molar-refractivity contribution in [2.75, 3.05) is 32.1 Å². The number of hydrogen-bond donors (Lipinski definition) is 1. The molecule has 1 aromatic rings. The van der Waals surface area contributed by atoms with Gasteiger partial charge >= 0.3 is 0 Å². The van der Waals surface area contributed by atoms with E-state index in [4.69, 9.17) is 4.42 Å². The maximum atomic E-state index is 5.51. The molecule has 0 radical (unpaired) electrons. The SMILES string of the molecule is CN(C)C(CNC1CCCSC1)c1ccco1. The van der Waals surface area contributed by atoms with E-state index in [1.54, 1.807) is 6.26 Å². The van der Waals surface area contributed by atoms with Crippen molar-refractivity contribution in [2.45, 2.75) is 24.9 Å². The molecule has 2 rings (SSSR count). The molecule has 3 nitrogen and oxygen atoms in total. The van der Waals surface area contributed by atoms with Gasteiger partial charge in [-0.25, -0.2) is 0 Å². The molecule has 0 amide bonds. The molecule has 96 valence electrons. The molecule has 17 heavy (non-hydrogen) atoms. The van der Waals surface area contributed by atoms with Crippen LogP contribution in [0.5, 0.6) is 0 Å². The van der Waals surface area contributed by atoms with Gasteiger partial charge in [0.1, 0.15) is 5.76 Å². The van der Waals surface area contributed by atoms with Crippen LogP contribution in [0.2, 0.25) is 0 Å². The van der Waals surface area contributed by atoms with Crippen LogP contribution in [0.15, 0.2) is 22.8 Å². The van der Waals surface area contributed by atoms with Crippen molar-refractivity contribution in [3.63, 3.8) is 0 Å². The summed E-state index contributed by atoms with van der Waals surface area (Å²) in [4.78, 5) is 2.21. The molecule has 2 atom stereocenters. The molecule has 1 aromatic heterocycles. The molecule has 0 spiro atoms. The van der Waals surface area contributed by atoms with Crippen LogP contribution in [0.4, 0.5) is 0 Å². The van der Waals surface area contributed by atoms with E-state index in [-0.39, 0.29) is 0 Å². The van der Waals surface area contributed by atoms with Gasteiger partial charge in [-0.15, -0.1) is 0 Å². The fourth-order valence-electron chi connectivity index (χ4n) is 2.20. The number of hydrogen-bond acceptors (Lipinski definition) is 4. The summed E-state index contributed by atoms with van der Waals surface area (Å²) >= 11 is 2.06. The first kappa shape index (κ1) is 13.0. The van der Waals surface area contributed by atoms with Crippen molar-refractivity contribution in [3.8, 4) is 0 Å². The minimum absolute atomic E-state index is 0.330. The Morgan fingerprint density at radius 3 is 3.06 bits per heavy atom. The third kappa shape index (κ3) is 3.76. The Balaban J connectivity index is 1.85. The van der Waals surface area contributed by atoms with Crippen molar-refractivity contribution >= 4 is 11.8 Å². The minimum atomic E-state index is 0.330. The second kappa shape index (κ2) is 6.47. The van der Waals surface area contributed by atoms with Crippen molar-refractivity contribution in [1.82, 2.24) is 10.2 Å². The second-order valence-electron chi connectivity index (χ2n) is 4.82. The van der Waals surface area contributed by atoms with Gasteiger partial charge in [0.2, 0.25) is 0 Å². The van der Waals surface area contributed by atoms with Crippen LogP contribution in [0.25, 0.3) is 0 Å². The monoisotopic (exact) mass is 254 g/mol. The van der Waals surface area contributed by atoms with Crippen LogP contribution in [0.1, 0.15) is 24.6 Å². The van der Waals surface area contributed by atoms with E-state index in [0.29, 0.717) is 12.1 Å². The van der Waals surface area contributed by atoms with Gasteiger partial charge < -0.3 is 9.73 Å². The zero-order valence-electron chi connectivity index (χ0n) is 10.7. The Labute approximate surface area is 108 Å². The van der Waals surface area contributed by atoms with Gasteiger partial charge in [0, 0.05) is 18.3 Å². The van der Waals surface area contributed by atoms with Crippen molar-refractivity contribution in [2.24, 2.45) is 0 Å². The first-order valence-corrected chi connectivity index (χ1v) is 7.44. The maximum absolute atomic E-state index is 5.51. The van der Waals surface area contributed by atoms with Crippen molar-refractivity contribution in [3.05, 3.63) is 24.2 Å². The van der Waals surface area contributed by atoms with E-state index in [1.165, 1.54) is 24.3 Å². The molecule has 2 heterocycles. The molecular weight excluding hydrogens is 232 g/mol. The van der Waals surface area contributed by atoms with Crippen LogP contribution in [-0.4, -0.2) is 43.1 Å². The number of likely N-dealkylation sites (N-methyl/N-ethyl adjacent to an activating group) is 1. The van der Waals surface area contributed by atoms with Gasteiger partial charge in [-0.3, -0.25) is 4.90 Å². The van der Waals surface area contributed by atoms with Gasteiger partial charge in [-0.2, -0.15) is 11.8 Å². The molecule has 0 saturated carbocycles. The average Bonchev–Trinajstić information content (AvgIpc) is 2.84. The molecule has 1 aliphatic rings. The van der Waals surface area contributed by atoms with Crippen LogP contribution >= 0.6 is 11.8 Å². The molecule has 2 unspecified atom stereocenters. The molecule has 0 aromatic carbocycles. The number of nitrogens with zero attached hydrogens (tertiary/aromatic N) is 1. The van der Waals surface area contributed by atoms with E-state index >= 15 is 0 Å². The van der Waals surface area contributed by atoms with E-state index in [1.807, 2.05) is 6.07 Å². The summed E-state index contributed by atoms with van der Waals surface area (Å²) in [6.07, 6.45) is 4.41. The summed E-state index contributed by atoms with van der Waals surface area (Å²) in [7, 11) is 4.20. The highest BCUT2D eigenvalue weighted by molar-refractivity contribution is 7.99. The number of rotatable bonds is 5. The Bertz CT molecular complexity index is 307. The Morgan fingerprint density at radius 1 is 1.59 bits per heavy atom. The van der Waals surface area contributed by atoms with Gasteiger partial charge in [-0.05, 0) is 44.8 Å². The first-order chi connectivity index (χ1) is 8.27. The summed E-state index contributed by atoms with van der Waals surface area (Å²) in [5.74, 6) is 3.62. The van der Waals surface area contributed by atoms with E-state index in [9.17, 15) is 0 Å². The summed E-state index contributed by atoms with van der Waals surface area (Å²) in [5.41, 5.74) is 0. The molecule has 4 heteroatoms. The van der Waals surface area contributed by atoms with Gasteiger partial charge in [0.15, 0.2) is 0 Å². The third-order valence-corrected chi connectivity index (χ3v) is 4.47. The number of furan rings is 1. The topological polar surface area (TPSA) is 28.4 Å². The highest BCUT2D eigenvalue weighted by Crippen LogP contribution is 2.20. The second-order valence-corrected chi connectivity index (χ2v) is 5.97. The third-order valence-electron chi connectivity index (χ3n) is 3.26. The summed E-state index contributed by atoms with van der Waals surface area (Å²) in [5, 5.41) is 3.67. The molecule has 0 bridgehead atoms. The van der Waals surface area contributed by atoms with Crippen molar-refractivity contribution in [1.29, 1.82) is 0 Å².